The maximum absolute atomic E-state index is 14.4. The van der Waals surface area contributed by atoms with Crippen molar-refractivity contribution >= 4 is 46.5 Å². The van der Waals surface area contributed by atoms with Crippen LogP contribution in [0.5, 0.6) is 0 Å². The Balaban J connectivity index is 1.80. The van der Waals surface area contributed by atoms with E-state index in [9.17, 15) is 28.8 Å². The molecule has 0 aliphatic carbocycles. The average molecular weight is 896 g/mol. The number of likely N-dealkylation sites (N-methyl/N-ethyl adjacent to an activating group) is 1. The van der Waals surface area contributed by atoms with Crippen molar-refractivity contribution in [2.45, 2.75) is 157 Å². The summed E-state index contributed by atoms with van der Waals surface area (Å²) in [5.41, 5.74) is 1.39. The summed E-state index contributed by atoms with van der Waals surface area (Å²) in [6.07, 6.45) is 2.85. The molecule has 0 N–H and O–H groups in total. The van der Waals surface area contributed by atoms with Crippen LogP contribution in [0.25, 0.3) is 0 Å². The largest absolute Gasteiger partial charge is 0.466 e. The van der Waals surface area contributed by atoms with Crippen molar-refractivity contribution < 1.29 is 43.0 Å². The first-order chi connectivity index (χ1) is 29.9. The molecule has 1 fully saturated rings. The number of aromatic nitrogens is 1. The van der Waals surface area contributed by atoms with Crippen LogP contribution in [0.3, 0.4) is 0 Å². The fourth-order valence-corrected chi connectivity index (χ4v) is 9.74. The fraction of sp³-hybridized carbons (Fsp3) is 0.700. The first-order valence-electron chi connectivity index (χ1n) is 23.3. The number of carbonyl (C=O) groups is 6. The molecule has 0 radical (unpaired) electrons. The molecule has 352 valence electrons. The molecule has 3 rings (SSSR count). The molecule has 1 aromatic heterocycles. The molecule has 1 saturated heterocycles. The molecule has 1 aliphatic rings. The molecule has 63 heavy (non-hydrogen) atoms. The molecule has 2 amide bonds. The van der Waals surface area contributed by atoms with Crippen LogP contribution in [0.4, 0.5) is 0 Å². The van der Waals surface area contributed by atoms with Crippen LogP contribution in [0.2, 0.25) is 0 Å². The molecule has 2 heterocycles. The minimum Gasteiger partial charge on any atom is -0.466 e. The van der Waals surface area contributed by atoms with E-state index in [2.05, 4.69) is 13.8 Å². The summed E-state index contributed by atoms with van der Waals surface area (Å²) in [5, 5.41) is 2.44. The zero-order valence-electron chi connectivity index (χ0n) is 40.2. The lowest BCUT2D eigenvalue weighted by molar-refractivity contribution is -0.149. The maximum Gasteiger partial charge on any atom is 0.305 e. The van der Waals surface area contributed by atoms with Gasteiger partial charge in [-0.1, -0.05) is 99.1 Å². The molecule has 0 bridgehead atoms. The van der Waals surface area contributed by atoms with E-state index in [1.165, 1.54) is 11.3 Å². The summed E-state index contributed by atoms with van der Waals surface area (Å²) >= 11 is 1.37. The number of methoxy groups -OCH3 is 2. The molecular weight excluding hydrogens is 819 g/mol. The van der Waals surface area contributed by atoms with Crippen molar-refractivity contribution in [1.29, 1.82) is 0 Å². The van der Waals surface area contributed by atoms with Crippen molar-refractivity contribution in [2.24, 2.45) is 35.5 Å². The molecular formula is C50H77N3O9S. The Morgan fingerprint density at radius 2 is 1.54 bits per heavy atom. The third-order valence-electron chi connectivity index (χ3n) is 13.4. The summed E-state index contributed by atoms with van der Waals surface area (Å²) in [5.74, 6) is -1.96. The van der Waals surface area contributed by atoms with Gasteiger partial charge in [0, 0.05) is 82.5 Å². The quantitative estimate of drug-likeness (QED) is 0.0461. The van der Waals surface area contributed by atoms with E-state index in [-0.39, 0.29) is 109 Å². The Labute approximate surface area is 381 Å². The summed E-state index contributed by atoms with van der Waals surface area (Å²) in [4.78, 5) is 89.2. The van der Waals surface area contributed by atoms with E-state index < -0.39 is 30.1 Å². The number of hydrogen-bond donors (Lipinski definition) is 0. The van der Waals surface area contributed by atoms with Gasteiger partial charge in [0.1, 0.15) is 17.3 Å². The SMILES string of the molecule is CCC(=O)OCCCC(=O)c1csc([C@@H](CC(=O)[C@H](C)[C@@H](OC)[C@@H]2CCCN2C(=O)C[C@@H](OC)[C@H]([C@@H](C)CC)N(C)C(=O)[C@@H](CC(=O)[C@@H](C)C(C)C)C(C)C)Cc2ccccc2)n1. The number of rotatable bonds is 28. The van der Waals surface area contributed by atoms with Crippen molar-refractivity contribution in [3.8, 4) is 0 Å². The van der Waals surface area contributed by atoms with Gasteiger partial charge < -0.3 is 24.0 Å². The highest BCUT2D eigenvalue weighted by Crippen LogP contribution is 2.34. The third kappa shape index (κ3) is 15.1. The molecule has 12 nitrogen and oxygen atoms in total. The number of esters is 1. The average Bonchev–Trinajstić information content (AvgIpc) is 3.97. The number of ether oxygens (including phenoxy) is 3. The topological polar surface area (TPSA) is 149 Å². The lowest BCUT2D eigenvalue weighted by Crippen LogP contribution is -2.54. The molecule has 1 aliphatic heterocycles. The monoisotopic (exact) mass is 896 g/mol. The van der Waals surface area contributed by atoms with E-state index in [0.717, 1.165) is 18.4 Å². The van der Waals surface area contributed by atoms with Crippen LogP contribution in [0.1, 0.15) is 147 Å². The summed E-state index contributed by atoms with van der Waals surface area (Å²) < 4.78 is 17.3. The Kier molecular flexibility index (Phi) is 22.3. The van der Waals surface area contributed by atoms with Crippen molar-refractivity contribution in [1.82, 2.24) is 14.8 Å². The Hall–Kier alpha value is -3.81. The van der Waals surface area contributed by atoms with Gasteiger partial charge in [-0.3, -0.25) is 28.8 Å². The smallest absolute Gasteiger partial charge is 0.305 e. The van der Waals surface area contributed by atoms with Gasteiger partial charge in [-0.25, -0.2) is 4.98 Å². The Morgan fingerprint density at radius 1 is 0.873 bits per heavy atom. The van der Waals surface area contributed by atoms with Crippen molar-refractivity contribution in [2.75, 3.05) is 34.4 Å². The van der Waals surface area contributed by atoms with Gasteiger partial charge in [-0.05, 0) is 49.0 Å². The number of likely N-dealkylation sites (tertiary alicyclic amines) is 1. The highest BCUT2D eigenvalue weighted by atomic mass is 32.1. The lowest BCUT2D eigenvalue weighted by atomic mass is 9.82. The van der Waals surface area contributed by atoms with Crippen LogP contribution in [0.15, 0.2) is 35.7 Å². The molecule has 0 spiro atoms. The molecule has 9 atom stereocenters. The van der Waals surface area contributed by atoms with Gasteiger partial charge in [-0.2, -0.15) is 0 Å². The Morgan fingerprint density at radius 3 is 2.13 bits per heavy atom. The number of amides is 2. The van der Waals surface area contributed by atoms with Crippen LogP contribution in [0, 0.1) is 35.5 Å². The minimum absolute atomic E-state index is 0.00140. The van der Waals surface area contributed by atoms with Crippen LogP contribution < -0.4 is 0 Å². The fourth-order valence-electron chi connectivity index (χ4n) is 8.81. The summed E-state index contributed by atoms with van der Waals surface area (Å²) in [6.45, 7) is 18.3. The molecule has 2 aromatic rings. The van der Waals surface area contributed by atoms with E-state index in [4.69, 9.17) is 19.2 Å². The van der Waals surface area contributed by atoms with Gasteiger partial charge in [-0.15, -0.1) is 11.3 Å². The van der Waals surface area contributed by atoms with Crippen LogP contribution in [-0.2, 0) is 44.6 Å². The van der Waals surface area contributed by atoms with Gasteiger partial charge in [0.05, 0.1) is 42.3 Å². The second-order valence-electron chi connectivity index (χ2n) is 18.4. The molecule has 1 aromatic carbocycles. The maximum atomic E-state index is 14.4. The third-order valence-corrected chi connectivity index (χ3v) is 14.4. The van der Waals surface area contributed by atoms with E-state index in [0.29, 0.717) is 36.5 Å². The van der Waals surface area contributed by atoms with Gasteiger partial charge >= 0.3 is 5.97 Å². The van der Waals surface area contributed by atoms with Gasteiger partial charge in [0.15, 0.2) is 5.78 Å². The number of thiazole rings is 1. The number of Topliss-reactive ketones (excluding diaryl/α,β-unsaturated/α-hetero) is 3. The molecule has 0 saturated carbocycles. The molecule has 0 unspecified atom stereocenters. The van der Waals surface area contributed by atoms with Gasteiger partial charge in [0.2, 0.25) is 11.8 Å². The number of ketones is 3. The summed E-state index contributed by atoms with van der Waals surface area (Å²) in [6, 6.07) is 9.14. The summed E-state index contributed by atoms with van der Waals surface area (Å²) in [7, 11) is 4.95. The van der Waals surface area contributed by atoms with Crippen molar-refractivity contribution in [3.05, 3.63) is 52.0 Å². The standard InChI is InChI=1S/C50H77N3O9S/c1-13-33(7)47(52(10)50(59)38(32(5)6)28-43(56)34(8)31(3)4)44(60-11)29-45(57)53-24-18-22-40(53)48(61-12)35(9)42(55)27-37(26-36-20-16-15-17-21-36)49-51-39(30-63-49)41(54)23-19-25-62-46(58)14-2/h15-17,20-21,30-35,37-38,40,44,47-48H,13-14,18-19,22-29H2,1-12H3/t33-,34-,35-,37+,38-,40-,44+,47-,48+/m0/s1. The van der Waals surface area contributed by atoms with Crippen LogP contribution in [-0.4, -0.2) is 109 Å². The first-order valence-corrected chi connectivity index (χ1v) is 24.1. The zero-order valence-corrected chi connectivity index (χ0v) is 41.0. The van der Waals surface area contributed by atoms with Gasteiger partial charge in [0.25, 0.3) is 0 Å². The zero-order chi connectivity index (χ0) is 47.0. The highest BCUT2D eigenvalue weighted by Gasteiger charge is 2.43. The highest BCUT2D eigenvalue weighted by molar-refractivity contribution is 7.10. The van der Waals surface area contributed by atoms with E-state index >= 15 is 0 Å². The minimum atomic E-state index is -0.604. The molecule has 13 heteroatoms. The number of nitrogens with zero attached hydrogens (tertiary/aromatic N) is 3. The lowest BCUT2D eigenvalue weighted by Gasteiger charge is -2.41. The second kappa shape index (κ2) is 26.2. The predicted octanol–water partition coefficient (Wildman–Crippen LogP) is 8.79. The van der Waals surface area contributed by atoms with Crippen LogP contribution >= 0.6 is 11.3 Å². The van der Waals surface area contributed by atoms with E-state index in [1.807, 2.05) is 76.8 Å². The predicted molar refractivity (Wildman–Crippen MR) is 248 cm³/mol. The first kappa shape index (κ1) is 53.5. The van der Waals surface area contributed by atoms with E-state index in [1.54, 1.807) is 38.5 Å². The Bertz CT molecular complexity index is 1780. The van der Waals surface area contributed by atoms with Crippen molar-refractivity contribution in [3.63, 3.8) is 0 Å². The normalized spacial score (nSPS) is 18.0. The number of carbonyl (C=O) groups excluding carboxylic acids is 6. The number of hydrogen-bond acceptors (Lipinski definition) is 11. The second-order valence-corrected chi connectivity index (χ2v) is 19.3. The number of benzene rings is 1.